The number of anilines is 1. The van der Waals surface area contributed by atoms with Crippen molar-refractivity contribution in [1.82, 2.24) is 14.9 Å². The van der Waals surface area contributed by atoms with E-state index in [0.29, 0.717) is 5.11 Å². The van der Waals surface area contributed by atoms with Crippen LogP contribution in [0.15, 0.2) is 18.5 Å². The zero-order chi connectivity index (χ0) is 21.3. The van der Waals surface area contributed by atoms with E-state index in [4.69, 9.17) is 17.0 Å². The smallest absolute Gasteiger partial charge is 0.348 e. The normalized spacial score (nSPS) is 16.5. The van der Waals surface area contributed by atoms with Gasteiger partial charge in [-0.25, -0.2) is 9.78 Å². The first-order valence-electron chi connectivity index (χ1n) is 10.5. The standard InChI is InChI=1S/C22H28N4O3S/c1-3-29-20(27)22(28,19-23-10-11-26(19)2)13-24-21(30)25-18-16-8-4-6-14(16)12-15-7-5-9-17(15)18/h10-12,28H,3-9,13H2,1-2H3,(H2,24,25,30). The summed E-state index contributed by atoms with van der Waals surface area (Å²) < 4.78 is 6.71. The van der Waals surface area contributed by atoms with Gasteiger partial charge >= 0.3 is 5.97 Å². The van der Waals surface area contributed by atoms with Crippen molar-refractivity contribution in [3.8, 4) is 0 Å². The molecule has 0 fully saturated rings. The van der Waals surface area contributed by atoms with Crippen molar-refractivity contribution in [2.45, 2.75) is 51.0 Å². The first-order valence-corrected chi connectivity index (χ1v) is 10.9. The molecule has 30 heavy (non-hydrogen) atoms. The molecule has 7 nitrogen and oxygen atoms in total. The molecule has 2 aliphatic rings. The molecule has 0 radical (unpaired) electrons. The van der Waals surface area contributed by atoms with Gasteiger partial charge in [-0.1, -0.05) is 6.07 Å². The van der Waals surface area contributed by atoms with Crippen molar-refractivity contribution in [2.75, 3.05) is 18.5 Å². The van der Waals surface area contributed by atoms with Crippen LogP contribution in [0.2, 0.25) is 0 Å². The SMILES string of the molecule is CCOC(=O)C(O)(CNC(=S)Nc1c2c(cc3c1CCC3)CCC2)c1nccn1C. The Kier molecular flexibility index (Phi) is 5.79. The van der Waals surface area contributed by atoms with Crippen LogP contribution in [0, 0.1) is 0 Å². The molecule has 1 heterocycles. The monoisotopic (exact) mass is 428 g/mol. The first-order chi connectivity index (χ1) is 14.4. The molecule has 0 aliphatic heterocycles. The van der Waals surface area contributed by atoms with E-state index in [1.807, 2.05) is 0 Å². The highest BCUT2D eigenvalue weighted by Gasteiger charge is 2.43. The highest BCUT2D eigenvalue weighted by molar-refractivity contribution is 7.80. The molecular weight excluding hydrogens is 400 g/mol. The molecule has 160 valence electrons. The molecule has 1 atom stereocenters. The van der Waals surface area contributed by atoms with Crippen molar-refractivity contribution in [3.63, 3.8) is 0 Å². The molecule has 0 bridgehead atoms. The number of nitrogens with zero attached hydrogens (tertiary/aromatic N) is 2. The number of ether oxygens (including phenoxy) is 1. The Morgan fingerprint density at radius 3 is 2.50 bits per heavy atom. The number of carbonyl (C=O) groups is 1. The third-order valence-electron chi connectivity index (χ3n) is 6.02. The third-order valence-corrected chi connectivity index (χ3v) is 6.27. The van der Waals surface area contributed by atoms with Crippen LogP contribution in [0.4, 0.5) is 5.69 Å². The number of fused-ring (bicyclic) bond motifs is 2. The quantitative estimate of drug-likeness (QED) is 0.480. The summed E-state index contributed by atoms with van der Waals surface area (Å²) in [6.07, 6.45) is 9.85. The number of rotatable bonds is 6. The van der Waals surface area contributed by atoms with Gasteiger partial charge < -0.3 is 25.0 Å². The van der Waals surface area contributed by atoms with Gasteiger partial charge in [-0.05, 0) is 79.9 Å². The molecular formula is C22H28N4O3S. The highest BCUT2D eigenvalue weighted by Crippen LogP contribution is 2.38. The van der Waals surface area contributed by atoms with Gasteiger partial charge in [-0.2, -0.15) is 0 Å². The van der Waals surface area contributed by atoms with Gasteiger partial charge in [0, 0.05) is 25.1 Å². The van der Waals surface area contributed by atoms with Gasteiger partial charge in [-0.3, -0.25) is 0 Å². The number of aromatic nitrogens is 2. The number of benzene rings is 1. The van der Waals surface area contributed by atoms with Crippen molar-refractivity contribution >= 4 is 29.0 Å². The Bertz CT molecular complexity index is 955. The van der Waals surface area contributed by atoms with Crippen molar-refractivity contribution in [3.05, 3.63) is 46.5 Å². The summed E-state index contributed by atoms with van der Waals surface area (Å²) in [6, 6.07) is 2.37. The zero-order valence-electron chi connectivity index (χ0n) is 17.5. The lowest BCUT2D eigenvalue weighted by molar-refractivity contribution is -0.166. The number of thiocarbonyl (C=S) groups is 1. The number of hydrogen-bond donors (Lipinski definition) is 3. The summed E-state index contributed by atoms with van der Waals surface area (Å²) in [5.74, 6) is -0.547. The first kappa shape index (κ1) is 20.8. The molecule has 0 saturated carbocycles. The van der Waals surface area contributed by atoms with Crippen LogP contribution in [-0.4, -0.2) is 38.9 Å². The fraction of sp³-hybridized carbons (Fsp3) is 0.500. The van der Waals surface area contributed by atoms with Gasteiger partial charge in [0.15, 0.2) is 10.9 Å². The maximum absolute atomic E-state index is 12.6. The van der Waals surface area contributed by atoms with E-state index in [1.165, 1.54) is 28.5 Å². The van der Waals surface area contributed by atoms with E-state index in [1.54, 1.807) is 24.7 Å². The minimum Gasteiger partial charge on any atom is -0.463 e. The van der Waals surface area contributed by atoms with Crippen LogP contribution in [0.5, 0.6) is 0 Å². The molecule has 1 aromatic carbocycles. The zero-order valence-corrected chi connectivity index (χ0v) is 18.3. The summed E-state index contributed by atoms with van der Waals surface area (Å²) >= 11 is 5.55. The van der Waals surface area contributed by atoms with Crippen LogP contribution in [0.3, 0.4) is 0 Å². The van der Waals surface area contributed by atoms with Gasteiger partial charge in [-0.15, -0.1) is 0 Å². The molecule has 1 aromatic heterocycles. The molecule has 0 spiro atoms. The molecule has 0 saturated heterocycles. The van der Waals surface area contributed by atoms with E-state index < -0.39 is 11.6 Å². The molecule has 3 N–H and O–H groups in total. The second-order valence-corrected chi connectivity index (χ2v) is 8.39. The van der Waals surface area contributed by atoms with Gasteiger partial charge in [0.05, 0.1) is 13.2 Å². The Labute approximate surface area is 181 Å². The topological polar surface area (TPSA) is 88.4 Å². The number of hydrogen-bond acceptors (Lipinski definition) is 5. The van der Waals surface area contributed by atoms with Crippen LogP contribution >= 0.6 is 12.2 Å². The molecule has 8 heteroatoms. The van der Waals surface area contributed by atoms with E-state index in [0.717, 1.165) is 44.2 Å². The van der Waals surface area contributed by atoms with Crippen molar-refractivity contribution in [1.29, 1.82) is 0 Å². The van der Waals surface area contributed by atoms with Crippen LogP contribution in [0.25, 0.3) is 0 Å². The maximum Gasteiger partial charge on any atom is 0.348 e. The lowest BCUT2D eigenvalue weighted by Gasteiger charge is -2.26. The van der Waals surface area contributed by atoms with Crippen LogP contribution in [0.1, 0.15) is 47.8 Å². The molecule has 4 rings (SSSR count). The third kappa shape index (κ3) is 3.70. The summed E-state index contributed by atoms with van der Waals surface area (Å²) in [4.78, 5) is 16.7. The molecule has 0 amide bonds. The molecule has 2 aliphatic carbocycles. The minimum absolute atomic E-state index is 0.139. The maximum atomic E-state index is 12.6. The fourth-order valence-corrected chi connectivity index (χ4v) is 4.76. The summed E-state index contributed by atoms with van der Waals surface area (Å²) in [6.45, 7) is 1.73. The van der Waals surface area contributed by atoms with Gasteiger partial charge in [0.1, 0.15) is 0 Å². The predicted molar refractivity (Wildman–Crippen MR) is 118 cm³/mol. The Morgan fingerprint density at radius 1 is 1.27 bits per heavy atom. The average Bonchev–Trinajstić information content (AvgIpc) is 3.46. The Morgan fingerprint density at radius 2 is 1.93 bits per heavy atom. The number of esters is 1. The number of imidazole rings is 1. The predicted octanol–water partition coefficient (Wildman–Crippen LogP) is 2.13. The largest absolute Gasteiger partial charge is 0.463 e. The second-order valence-electron chi connectivity index (χ2n) is 7.98. The van der Waals surface area contributed by atoms with Gasteiger partial charge in [0.25, 0.3) is 0 Å². The number of carbonyl (C=O) groups excluding carboxylic acids is 1. The van der Waals surface area contributed by atoms with E-state index in [9.17, 15) is 9.90 Å². The lowest BCUT2D eigenvalue weighted by Crippen LogP contribution is -2.49. The van der Waals surface area contributed by atoms with Crippen LogP contribution in [-0.2, 0) is 47.9 Å². The highest BCUT2D eigenvalue weighted by atomic mass is 32.1. The van der Waals surface area contributed by atoms with E-state index in [2.05, 4.69) is 21.7 Å². The number of nitrogens with one attached hydrogen (secondary N) is 2. The molecule has 2 aromatic rings. The van der Waals surface area contributed by atoms with E-state index in [-0.39, 0.29) is 19.0 Å². The van der Waals surface area contributed by atoms with Gasteiger partial charge in [0.2, 0.25) is 5.60 Å². The number of aryl methyl sites for hydroxylation is 3. The second kappa shape index (κ2) is 8.35. The average molecular weight is 429 g/mol. The molecule has 1 unspecified atom stereocenters. The van der Waals surface area contributed by atoms with Crippen LogP contribution < -0.4 is 10.6 Å². The minimum atomic E-state index is -1.94. The number of aliphatic hydroxyl groups is 1. The fourth-order valence-electron chi connectivity index (χ4n) is 4.59. The summed E-state index contributed by atoms with van der Waals surface area (Å²) in [5, 5.41) is 17.9. The Balaban J connectivity index is 1.53. The van der Waals surface area contributed by atoms with Crippen molar-refractivity contribution < 1.29 is 14.6 Å². The summed E-state index contributed by atoms with van der Waals surface area (Å²) in [5.41, 5.74) is 4.70. The lowest BCUT2D eigenvalue weighted by atomic mass is 9.99. The summed E-state index contributed by atoms with van der Waals surface area (Å²) in [7, 11) is 1.72. The Hall–Kier alpha value is -2.45. The van der Waals surface area contributed by atoms with E-state index >= 15 is 0 Å². The van der Waals surface area contributed by atoms with Crippen molar-refractivity contribution in [2.24, 2.45) is 7.05 Å².